The molecule has 9 heteroatoms. The van der Waals surface area contributed by atoms with Crippen LogP contribution in [0.2, 0.25) is 0 Å². The third-order valence-corrected chi connectivity index (χ3v) is 4.23. The van der Waals surface area contributed by atoms with Crippen molar-refractivity contribution in [3.8, 4) is 29.1 Å². The molecule has 1 atom stereocenters. The predicted octanol–water partition coefficient (Wildman–Crippen LogP) is 2.87. The van der Waals surface area contributed by atoms with Gasteiger partial charge in [0, 0.05) is 11.6 Å². The Labute approximate surface area is 178 Å². The van der Waals surface area contributed by atoms with Gasteiger partial charge in [-0.2, -0.15) is 5.26 Å². The fourth-order valence-corrected chi connectivity index (χ4v) is 2.60. The average Bonchev–Trinajstić information content (AvgIpc) is 2.78. The Morgan fingerprint density at radius 2 is 1.68 bits per heavy atom. The van der Waals surface area contributed by atoms with Gasteiger partial charge in [0.15, 0.2) is 11.5 Å². The quantitative estimate of drug-likeness (QED) is 0.282. The van der Waals surface area contributed by atoms with Gasteiger partial charge in [-0.15, -0.1) is 0 Å². The number of hydrogen-bond acceptors (Lipinski definition) is 9. The lowest BCUT2D eigenvalue weighted by Gasteiger charge is -2.19. The van der Waals surface area contributed by atoms with E-state index in [1.54, 1.807) is 24.3 Å². The number of carbonyl (C=O) groups excluding carboxylic acids is 2. The Kier molecular flexibility index (Phi) is 7.86. The van der Waals surface area contributed by atoms with Crippen LogP contribution in [0.25, 0.3) is 6.08 Å². The zero-order valence-electron chi connectivity index (χ0n) is 17.1. The van der Waals surface area contributed by atoms with Crippen LogP contribution < -0.4 is 9.47 Å². The summed E-state index contributed by atoms with van der Waals surface area (Å²) in [7, 11) is 4.10. The third-order valence-electron chi connectivity index (χ3n) is 4.23. The van der Waals surface area contributed by atoms with Gasteiger partial charge in [0.05, 0.1) is 27.8 Å². The predicted molar refractivity (Wildman–Crippen MR) is 108 cm³/mol. The molecule has 0 aliphatic heterocycles. The molecule has 0 saturated carbocycles. The van der Waals surface area contributed by atoms with E-state index in [1.807, 2.05) is 0 Å². The van der Waals surface area contributed by atoms with Crippen LogP contribution in [0.1, 0.15) is 23.7 Å². The van der Waals surface area contributed by atoms with E-state index in [2.05, 4.69) is 4.74 Å². The zero-order valence-corrected chi connectivity index (χ0v) is 17.1. The minimum Gasteiger partial charge on any atom is -0.504 e. The van der Waals surface area contributed by atoms with Crippen LogP contribution in [-0.2, 0) is 19.1 Å². The van der Waals surface area contributed by atoms with Crippen molar-refractivity contribution >= 4 is 18.0 Å². The highest BCUT2D eigenvalue weighted by molar-refractivity contribution is 5.98. The molecule has 2 N–H and O–H groups in total. The summed E-state index contributed by atoms with van der Waals surface area (Å²) in [5.41, 5.74) is 0.306. The highest BCUT2D eigenvalue weighted by Crippen LogP contribution is 2.31. The number of benzene rings is 2. The van der Waals surface area contributed by atoms with Gasteiger partial charge in [0.25, 0.3) is 0 Å². The number of hydrogen-bond donors (Lipinski definition) is 2. The standard InChI is InChI=1S/C22H21NO8/c1-28-16-8-14(9-17(10-16)29-2)20(11-21(26)30-3)31-22(27)15(12-23)6-13-4-5-18(24)19(25)7-13/h4-10,20,24-25H,11H2,1-3H3/b15-6+. The number of phenolic OH excluding ortho intramolecular Hbond substituents is 2. The van der Waals surface area contributed by atoms with Crippen molar-refractivity contribution in [2.24, 2.45) is 0 Å². The first-order chi connectivity index (χ1) is 14.8. The van der Waals surface area contributed by atoms with E-state index in [1.165, 1.54) is 45.6 Å². The van der Waals surface area contributed by atoms with E-state index in [0.717, 1.165) is 0 Å². The highest BCUT2D eigenvalue weighted by Gasteiger charge is 2.24. The van der Waals surface area contributed by atoms with E-state index in [0.29, 0.717) is 17.1 Å². The molecular weight excluding hydrogens is 406 g/mol. The fraction of sp³-hybridized carbons (Fsp3) is 0.227. The van der Waals surface area contributed by atoms with Gasteiger partial charge in [-0.25, -0.2) is 4.79 Å². The van der Waals surface area contributed by atoms with Crippen LogP contribution in [0.15, 0.2) is 42.0 Å². The molecule has 0 heterocycles. The number of carbonyl (C=O) groups is 2. The molecule has 2 aromatic carbocycles. The molecule has 0 aromatic heterocycles. The lowest BCUT2D eigenvalue weighted by atomic mass is 10.0. The summed E-state index contributed by atoms with van der Waals surface area (Å²) in [6, 6.07) is 10.3. The maximum Gasteiger partial charge on any atom is 0.349 e. The highest BCUT2D eigenvalue weighted by atomic mass is 16.6. The second-order valence-electron chi connectivity index (χ2n) is 6.24. The Hall–Kier alpha value is -4.19. The molecule has 0 radical (unpaired) electrons. The van der Waals surface area contributed by atoms with Gasteiger partial charge in [0.2, 0.25) is 0 Å². The summed E-state index contributed by atoms with van der Waals surface area (Å²) in [5.74, 6) is -1.56. The van der Waals surface area contributed by atoms with Gasteiger partial charge >= 0.3 is 11.9 Å². The topological polar surface area (TPSA) is 135 Å². The molecule has 0 spiro atoms. The smallest absolute Gasteiger partial charge is 0.349 e. The number of methoxy groups -OCH3 is 3. The summed E-state index contributed by atoms with van der Waals surface area (Å²) in [5, 5.41) is 28.4. The fourth-order valence-electron chi connectivity index (χ4n) is 2.60. The number of ether oxygens (including phenoxy) is 4. The van der Waals surface area contributed by atoms with Crippen molar-refractivity contribution < 1.29 is 38.7 Å². The monoisotopic (exact) mass is 427 g/mol. The summed E-state index contributed by atoms with van der Waals surface area (Å²) >= 11 is 0. The minimum absolute atomic E-state index is 0.288. The first-order valence-electron chi connectivity index (χ1n) is 8.95. The summed E-state index contributed by atoms with van der Waals surface area (Å²) in [4.78, 5) is 24.5. The van der Waals surface area contributed by atoms with Crippen molar-refractivity contribution in [2.45, 2.75) is 12.5 Å². The van der Waals surface area contributed by atoms with Gasteiger partial charge in [-0.1, -0.05) is 6.07 Å². The third kappa shape index (κ3) is 6.14. The number of aromatic hydroxyl groups is 2. The molecular formula is C22H21NO8. The van der Waals surface area contributed by atoms with Crippen molar-refractivity contribution in [2.75, 3.05) is 21.3 Å². The minimum atomic E-state index is -1.09. The summed E-state index contributed by atoms with van der Waals surface area (Å²) in [6.45, 7) is 0. The van der Waals surface area contributed by atoms with Crippen molar-refractivity contribution in [1.82, 2.24) is 0 Å². The lowest BCUT2D eigenvalue weighted by molar-refractivity contribution is -0.151. The van der Waals surface area contributed by atoms with Gasteiger partial charge < -0.3 is 29.2 Å². The van der Waals surface area contributed by atoms with E-state index < -0.39 is 23.8 Å². The molecule has 0 bridgehead atoms. The lowest BCUT2D eigenvalue weighted by Crippen LogP contribution is -2.17. The normalized spacial score (nSPS) is 11.7. The van der Waals surface area contributed by atoms with Crippen LogP contribution in [0, 0.1) is 11.3 Å². The Morgan fingerprint density at radius 3 is 2.19 bits per heavy atom. The molecule has 9 nitrogen and oxygen atoms in total. The molecule has 2 aromatic rings. The number of nitrogens with zero attached hydrogens (tertiary/aromatic N) is 1. The van der Waals surface area contributed by atoms with Crippen LogP contribution >= 0.6 is 0 Å². The zero-order chi connectivity index (χ0) is 23.0. The van der Waals surface area contributed by atoms with Crippen LogP contribution in [0.5, 0.6) is 23.0 Å². The number of phenols is 2. The Balaban J connectivity index is 2.38. The second kappa shape index (κ2) is 10.5. The summed E-state index contributed by atoms with van der Waals surface area (Å²) in [6.07, 6.45) is -0.214. The second-order valence-corrected chi connectivity index (χ2v) is 6.24. The van der Waals surface area contributed by atoms with Gasteiger partial charge in [-0.3, -0.25) is 4.79 Å². The van der Waals surface area contributed by atoms with E-state index in [9.17, 15) is 25.1 Å². The summed E-state index contributed by atoms with van der Waals surface area (Å²) < 4.78 is 20.5. The largest absolute Gasteiger partial charge is 0.504 e. The molecule has 1 unspecified atom stereocenters. The number of esters is 2. The molecule has 0 saturated heterocycles. The Morgan fingerprint density at radius 1 is 1.03 bits per heavy atom. The molecule has 0 aliphatic carbocycles. The van der Waals surface area contributed by atoms with Crippen molar-refractivity contribution in [1.29, 1.82) is 5.26 Å². The van der Waals surface area contributed by atoms with Gasteiger partial charge in [0.1, 0.15) is 29.2 Å². The number of rotatable bonds is 8. The molecule has 0 aliphatic rings. The maximum absolute atomic E-state index is 12.7. The average molecular weight is 427 g/mol. The van der Waals surface area contributed by atoms with Crippen molar-refractivity contribution in [3.63, 3.8) is 0 Å². The molecule has 31 heavy (non-hydrogen) atoms. The van der Waals surface area contributed by atoms with Crippen LogP contribution in [0.3, 0.4) is 0 Å². The molecule has 0 fully saturated rings. The molecule has 0 amide bonds. The van der Waals surface area contributed by atoms with E-state index >= 15 is 0 Å². The van der Waals surface area contributed by atoms with Crippen LogP contribution in [-0.4, -0.2) is 43.5 Å². The van der Waals surface area contributed by atoms with Gasteiger partial charge in [-0.05, 0) is 35.9 Å². The molecule has 2 rings (SSSR count). The first-order valence-corrected chi connectivity index (χ1v) is 8.95. The SMILES string of the molecule is COC(=O)CC(OC(=O)/C(C#N)=C/c1ccc(O)c(O)c1)c1cc(OC)cc(OC)c1. The maximum atomic E-state index is 12.7. The van der Waals surface area contributed by atoms with Crippen molar-refractivity contribution in [3.05, 3.63) is 53.1 Å². The van der Waals surface area contributed by atoms with E-state index in [-0.39, 0.29) is 23.3 Å². The Bertz CT molecular complexity index is 1020. The van der Waals surface area contributed by atoms with E-state index in [4.69, 9.17) is 14.2 Å². The molecule has 162 valence electrons. The number of nitriles is 1. The first kappa shape index (κ1) is 23.1. The van der Waals surface area contributed by atoms with Crippen LogP contribution in [0.4, 0.5) is 0 Å².